The minimum absolute atomic E-state index is 0.140. The van der Waals surface area contributed by atoms with Crippen molar-refractivity contribution in [3.05, 3.63) is 40.0 Å². The molecule has 0 heterocycles. The number of phenolic OH excluding ortho intramolecular Hbond substituents is 2. The topological polar surface area (TPSA) is 80.6 Å². The van der Waals surface area contributed by atoms with Crippen LogP contribution in [-0.2, 0) is 12.8 Å². The van der Waals surface area contributed by atoms with Gasteiger partial charge in [0.15, 0.2) is 5.78 Å². The Morgan fingerprint density at radius 3 is 1.62 bits per heavy atom. The highest BCUT2D eigenvalue weighted by Crippen LogP contribution is 2.42. The Hall–Kier alpha value is -2.23. The highest BCUT2D eigenvalue weighted by molar-refractivity contribution is 6.03. The summed E-state index contributed by atoms with van der Waals surface area (Å²) in [7, 11) is 0. The van der Waals surface area contributed by atoms with E-state index < -0.39 is 23.2 Å². The quantitative estimate of drug-likeness (QED) is 0.609. The molecule has 0 aliphatic heterocycles. The van der Waals surface area contributed by atoms with E-state index >= 15 is 0 Å². The number of aromatic hydroxyl groups is 2. The molecule has 0 radical (unpaired) electrons. The molecular formula is C20H27O4-. The molecule has 4 nitrogen and oxygen atoms in total. The largest absolute Gasteiger partial charge is 0.872 e. The number of rotatable bonds is 6. The first-order chi connectivity index (χ1) is 11.1. The zero-order valence-corrected chi connectivity index (χ0v) is 15.4. The molecule has 0 saturated carbocycles. The molecule has 0 saturated heterocycles. The fraction of sp³-hybridized carbons (Fsp3) is 0.450. The van der Waals surface area contributed by atoms with Crippen molar-refractivity contribution in [2.75, 3.05) is 0 Å². The molecule has 0 fully saturated rings. The fourth-order valence-corrected chi connectivity index (χ4v) is 2.32. The van der Waals surface area contributed by atoms with Crippen LogP contribution in [0.1, 0.15) is 63.0 Å². The van der Waals surface area contributed by atoms with Crippen molar-refractivity contribution in [1.29, 1.82) is 0 Å². The van der Waals surface area contributed by atoms with Crippen LogP contribution in [0.2, 0.25) is 0 Å². The lowest BCUT2D eigenvalue weighted by Crippen LogP contribution is -2.12. The van der Waals surface area contributed by atoms with Crippen molar-refractivity contribution in [2.24, 2.45) is 5.92 Å². The molecule has 1 aromatic rings. The molecule has 0 aromatic heterocycles. The van der Waals surface area contributed by atoms with Gasteiger partial charge in [-0.3, -0.25) is 4.79 Å². The molecule has 0 atom stereocenters. The van der Waals surface area contributed by atoms with Crippen LogP contribution in [0.3, 0.4) is 0 Å². The van der Waals surface area contributed by atoms with E-state index in [0.717, 1.165) is 11.1 Å². The van der Waals surface area contributed by atoms with Crippen LogP contribution >= 0.6 is 0 Å². The van der Waals surface area contributed by atoms with Crippen LogP contribution in [-0.4, -0.2) is 16.0 Å². The average Bonchev–Trinajstić information content (AvgIpc) is 2.45. The van der Waals surface area contributed by atoms with E-state index in [-0.39, 0.29) is 35.3 Å². The van der Waals surface area contributed by atoms with Gasteiger partial charge < -0.3 is 15.3 Å². The highest BCUT2D eigenvalue weighted by Gasteiger charge is 2.25. The standard InChI is InChI=1S/C20H28O4/c1-11(2)7-9-14-18(22)15(10-8-12(3)4)20(24)16(19(14)23)17(21)13(5)6/h7-8,13,22-24H,9-10H2,1-6H3/p-1. The molecule has 0 spiro atoms. The van der Waals surface area contributed by atoms with Gasteiger partial charge in [0.2, 0.25) is 0 Å². The SMILES string of the molecule is CC(C)=CCc1c([O-])c(CC=C(C)C)c(O)c(C(=O)C(C)C)c1O. The van der Waals surface area contributed by atoms with Gasteiger partial charge in [-0.25, -0.2) is 0 Å². The Labute approximate surface area is 144 Å². The maximum absolute atomic E-state index is 12.7. The van der Waals surface area contributed by atoms with Crippen LogP contribution in [0.25, 0.3) is 0 Å². The molecule has 24 heavy (non-hydrogen) atoms. The summed E-state index contributed by atoms with van der Waals surface area (Å²) >= 11 is 0. The predicted octanol–water partition coefficient (Wildman–Crippen LogP) is 4.03. The van der Waals surface area contributed by atoms with Gasteiger partial charge in [0.05, 0.1) is 0 Å². The van der Waals surface area contributed by atoms with E-state index in [4.69, 9.17) is 0 Å². The van der Waals surface area contributed by atoms with Gasteiger partial charge in [0.1, 0.15) is 17.1 Å². The summed E-state index contributed by atoms with van der Waals surface area (Å²) in [6.07, 6.45) is 4.10. The van der Waals surface area contributed by atoms with Gasteiger partial charge in [-0.15, -0.1) is 0 Å². The maximum atomic E-state index is 12.7. The summed E-state index contributed by atoms with van der Waals surface area (Å²) in [5.74, 6) is -1.96. The number of benzene rings is 1. The van der Waals surface area contributed by atoms with Crippen molar-refractivity contribution >= 4 is 5.78 Å². The zero-order valence-electron chi connectivity index (χ0n) is 15.4. The van der Waals surface area contributed by atoms with E-state index in [1.165, 1.54) is 0 Å². The van der Waals surface area contributed by atoms with Crippen LogP contribution < -0.4 is 5.11 Å². The number of Topliss-reactive ketones (excluding diaryl/α,β-unsaturated/α-hetero) is 1. The molecule has 2 N–H and O–H groups in total. The summed E-state index contributed by atoms with van der Waals surface area (Å²) in [6, 6.07) is 0. The first kappa shape index (κ1) is 19.8. The van der Waals surface area contributed by atoms with Crippen molar-refractivity contribution in [3.8, 4) is 17.2 Å². The normalized spacial score (nSPS) is 10.6. The van der Waals surface area contributed by atoms with E-state index in [2.05, 4.69) is 0 Å². The van der Waals surface area contributed by atoms with E-state index in [0.29, 0.717) is 0 Å². The number of hydrogen-bond acceptors (Lipinski definition) is 4. The van der Waals surface area contributed by atoms with Crippen LogP contribution in [0.4, 0.5) is 0 Å². The monoisotopic (exact) mass is 331 g/mol. The molecule has 0 aliphatic rings. The Morgan fingerprint density at radius 1 is 0.958 bits per heavy atom. The Kier molecular flexibility index (Phi) is 6.64. The highest BCUT2D eigenvalue weighted by atomic mass is 16.3. The van der Waals surface area contributed by atoms with E-state index in [9.17, 15) is 20.1 Å². The molecule has 0 bridgehead atoms. The van der Waals surface area contributed by atoms with Crippen LogP contribution in [0, 0.1) is 5.92 Å². The summed E-state index contributed by atoms with van der Waals surface area (Å²) in [6.45, 7) is 11.0. The number of allylic oxidation sites excluding steroid dienone is 4. The lowest BCUT2D eigenvalue weighted by Gasteiger charge is -2.24. The Bertz CT molecular complexity index is 639. The third kappa shape index (κ3) is 4.40. The van der Waals surface area contributed by atoms with Crippen molar-refractivity contribution in [3.63, 3.8) is 0 Å². The second-order valence-electron chi connectivity index (χ2n) is 6.85. The zero-order chi connectivity index (χ0) is 18.6. The molecule has 0 unspecified atom stereocenters. The average molecular weight is 331 g/mol. The lowest BCUT2D eigenvalue weighted by molar-refractivity contribution is -0.270. The summed E-state index contributed by atoms with van der Waals surface area (Å²) < 4.78 is 0. The molecule has 4 heteroatoms. The van der Waals surface area contributed by atoms with Crippen LogP contribution in [0.15, 0.2) is 23.3 Å². The molecule has 0 amide bonds. The number of hydrogen-bond donors (Lipinski definition) is 2. The Balaban J connectivity index is 3.67. The van der Waals surface area contributed by atoms with Gasteiger partial charge in [-0.05, 0) is 51.7 Å². The van der Waals surface area contributed by atoms with Gasteiger partial charge in [0.25, 0.3) is 0 Å². The second-order valence-corrected chi connectivity index (χ2v) is 6.85. The minimum Gasteiger partial charge on any atom is -0.872 e. The predicted molar refractivity (Wildman–Crippen MR) is 94.7 cm³/mol. The van der Waals surface area contributed by atoms with Crippen molar-refractivity contribution in [1.82, 2.24) is 0 Å². The van der Waals surface area contributed by atoms with Gasteiger partial charge in [0, 0.05) is 5.92 Å². The molecule has 1 aromatic carbocycles. The minimum atomic E-state index is -0.402. The summed E-state index contributed by atoms with van der Waals surface area (Å²) in [5, 5.41) is 33.6. The maximum Gasteiger partial charge on any atom is 0.172 e. The fourth-order valence-electron chi connectivity index (χ4n) is 2.32. The smallest absolute Gasteiger partial charge is 0.172 e. The molecule has 132 valence electrons. The van der Waals surface area contributed by atoms with Gasteiger partial charge in [-0.1, -0.05) is 42.9 Å². The first-order valence-corrected chi connectivity index (χ1v) is 8.15. The summed E-state index contributed by atoms with van der Waals surface area (Å²) in [5.41, 5.74) is 2.19. The molecule has 0 aliphatic carbocycles. The third-order valence-electron chi connectivity index (χ3n) is 3.79. The van der Waals surface area contributed by atoms with E-state index in [1.54, 1.807) is 13.8 Å². The third-order valence-corrected chi connectivity index (χ3v) is 3.79. The van der Waals surface area contributed by atoms with Crippen molar-refractivity contribution in [2.45, 2.75) is 54.4 Å². The Morgan fingerprint density at radius 2 is 1.33 bits per heavy atom. The number of carbonyl (C=O) groups is 1. The summed E-state index contributed by atoms with van der Waals surface area (Å²) in [4.78, 5) is 12.4. The number of phenols is 2. The van der Waals surface area contributed by atoms with Gasteiger partial charge in [-0.2, -0.15) is 0 Å². The lowest BCUT2D eigenvalue weighted by atomic mass is 9.90. The first-order valence-electron chi connectivity index (χ1n) is 8.15. The molecule has 1 rings (SSSR count). The number of ketones is 1. The van der Waals surface area contributed by atoms with E-state index in [1.807, 2.05) is 39.8 Å². The van der Waals surface area contributed by atoms with Crippen LogP contribution in [0.5, 0.6) is 17.2 Å². The second kappa shape index (κ2) is 8.04. The number of carbonyl (C=O) groups excluding carboxylic acids is 1. The van der Waals surface area contributed by atoms with Gasteiger partial charge >= 0.3 is 0 Å². The van der Waals surface area contributed by atoms with Crippen molar-refractivity contribution < 1.29 is 20.1 Å². The molecular weight excluding hydrogens is 304 g/mol.